The lowest BCUT2D eigenvalue weighted by atomic mass is 9.88. The van der Waals surface area contributed by atoms with Gasteiger partial charge in [0.05, 0.1) is 13.0 Å². The molecule has 0 amide bonds. The molecule has 204 valence electrons. The van der Waals surface area contributed by atoms with Crippen molar-refractivity contribution in [1.82, 2.24) is 4.57 Å². The molecule has 0 radical (unpaired) electrons. The lowest BCUT2D eigenvalue weighted by Gasteiger charge is -2.19. The summed E-state index contributed by atoms with van der Waals surface area (Å²) < 4.78 is 28.9. The highest BCUT2D eigenvalue weighted by Gasteiger charge is 2.32. The molecule has 4 aromatic rings. The third kappa shape index (κ3) is 4.55. The number of nitrogens with zero attached hydrogens (tertiary/aromatic N) is 1. The molecule has 7 heteroatoms. The van der Waals surface area contributed by atoms with Gasteiger partial charge in [0.25, 0.3) is 0 Å². The van der Waals surface area contributed by atoms with Gasteiger partial charge in [0.1, 0.15) is 23.4 Å². The highest BCUT2D eigenvalue weighted by Crippen LogP contribution is 2.45. The maximum absolute atomic E-state index is 15.3. The van der Waals surface area contributed by atoms with E-state index in [1.807, 2.05) is 30.5 Å². The van der Waals surface area contributed by atoms with Crippen LogP contribution in [0.2, 0.25) is 0 Å². The number of ether oxygens (including phenoxy) is 2. The topological polar surface area (TPSA) is 77.8 Å². The lowest BCUT2D eigenvalue weighted by Crippen LogP contribution is -2.13. The Morgan fingerprint density at radius 1 is 1.07 bits per heavy atom. The van der Waals surface area contributed by atoms with Gasteiger partial charge in [0.2, 0.25) is 5.56 Å². The van der Waals surface area contributed by atoms with Crippen molar-refractivity contribution in [1.29, 1.82) is 0 Å². The van der Waals surface area contributed by atoms with E-state index in [-0.39, 0.29) is 23.7 Å². The number of fused-ring (bicyclic) bond motifs is 2. The van der Waals surface area contributed by atoms with Gasteiger partial charge < -0.3 is 19.1 Å². The molecule has 2 aliphatic rings. The fourth-order valence-electron chi connectivity index (χ4n) is 6.22. The van der Waals surface area contributed by atoms with E-state index in [2.05, 4.69) is 26.0 Å². The third-order valence-corrected chi connectivity index (χ3v) is 8.07. The summed E-state index contributed by atoms with van der Waals surface area (Å²) in [7, 11) is 1.74. The second kappa shape index (κ2) is 9.97. The summed E-state index contributed by atoms with van der Waals surface area (Å²) in [5.41, 5.74) is 8.60. The summed E-state index contributed by atoms with van der Waals surface area (Å²) >= 11 is 0. The third-order valence-electron chi connectivity index (χ3n) is 8.07. The average Bonchev–Trinajstić information content (AvgIpc) is 3.51. The number of hydrogen-bond acceptors (Lipinski definition) is 4. The van der Waals surface area contributed by atoms with Crippen molar-refractivity contribution >= 4 is 5.97 Å². The van der Waals surface area contributed by atoms with Crippen LogP contribution in [0.3, 0.4) is 0 Å². The quantitative estimate of drug-likeness (QED) is 0.303. The van der Waals surface area contributed by atoms with Gasteiger partial charge in [0, 0.05) is 42.4 Å². The van der Waals surface area contributed by atoms with E-state index in [1.54, 1.807) is 23.7 Å². The maximum atomic E-state index is 15.3. The highest BCUT2D eigenvalue weighted by atomic mass is 19.1. The van der Waals surface area contributed by atoms with Gasteiger partial charge in [-0.05, 0) is 83.8 Å². The fourth-order valence-corrected chi connectivity index (χ4v) is 6.22. The summed E-state index contributed by atoms with van der Waals surface area (Å²) in [6, 6.07) is 16.5. The van der Waals surface area contributed by atoms with Crippen molar-refractivity contribution in [2.75, 3.05) is 6.61 Å². The van der Waals surface area contributed by atoms with Crippen molar-refractivity contribution in [2.45, 2.75) is 45.1 Å². The largest absolute Gasteiger partial charge is 0.492 e. The van der Waals surface area contributed by atoms with Crippen LogP contribution in [0.1, 0.15) is 52.7 Å². The number of halogens is 1. The van der Waals surface area contributed by atoms with Gasteiger partial charge in [-0.1, -0.05) is 24.3 Å². The number of carbonyl (C=O) groups is 1. The van der Waals surface area contributed by atoms with Crippen molar-refractivity contribution < 1.29 is 23.8 Å². The molecule has 1 N–H and O–H groups in total. The Labute approximate surface area is 231 Å². The molecular formula is C33H30FNO5. The van der Waals surface area contributed by atoms with Gasteiger partial charge in [-0.2, -0.15) is 0 Å². The van der Waals surface area contributed by atoms with E-state index in [9.17, 15) is 9.59 Å². The van der Waals surface area contributed by atoms with E-state index >= 15 is 4.39 Å². The van der Waals surface area contributed by atoms with E-state index in [0.29, 0.717) is 36.5 Å². The highest BCUT2D eigenvalue weighted by molar-refractivity contribution is 5.79. The first-order valence-electron chi connectivity index (χ1n) is 13.4. The first kappa shape index (κ1) is 25.9. The average molecular weight is 540 g/mol. The van der Waals surface area contributed by atoms with Crippen LogP contribution in [0.4, 0.5) is 4.39 Å². The van der Waals surface area contributed by atoms with E-state index in [4.69, 9.17) is 14.6 Å². The summed E-state index contributed by atoms with van der Waals surface area (Å²) in [5, 5.41) is 9.16. The minimum Gasteiger partial charge on any atom is -0.492 e. The van der Waals surface area contributed by atoms with Gasteiger partial charge in [0.15, 0.2) is 0 Å². The van der Waals surface area contributed by atoms with Crippen LogP contribution in [0.15, 0.2) is 65.6 Å². The molecule has 3 aromatic carbocycles. The van der Waals surface area contributed by atoms with Crippen LogP contribution in [-0.4, -0.2) is 22.2 Å². The minimum atomic E-state index is -0.859. The zero-order chi connectivity index (χ0) is 28.1. The number of aliphatic carboxylic acids is 1. The summed E-state index contributed by atoms with van der Waals surface area (Å²) in [5.74, 6) is -0.118. The molecule has 0 bridgehead atoms. The molecule has 1 aliphatic heterocycles. The molecule has 6 nitrogen and oxygen atoms in total. The second-order valence-corrected chi connectivity index (χ2v) is 10.8. The Morgan fingerprint density at radius 3 is 2.58 bits per heavy atom. The smallest absolute Gasteiger partial charge is 0.304 e. The zero-order valence-corrected chi connectivity index (χ0v) is 22.7. The predicted molar refractivity (Wildman–Crippen MR) is 151 cm³/mol. The molecule has 0 saturated carbocycles. The van der Waals surface area contributed by atoms with Gasteiger partial charge in [-0.15, -0.1) is 0 Å². The van der Waals surface area contributed by atoms with Crippen LogP contribution >= 0.6 is 0 Å². The van der Waals surface area contributed by atoms with Gasteiger partial charge in [-0.3, -0.25) is 9.59 Å². The molecule has 0 fully saturated rings. The van der Waals surface area contributed by atoms with Crippen molar-refractivity contribution in [3.05, 3.63) is 105 Å². The Hall–Kier alpha value is -4.39. The Kier molecular flexibility index (Phi) is 6.45. The predicted octanol–water partition coefficient (Wildman–Crippen LogP) is 6.49. The van der Waals surface area contributed by atoms with Crippen LogP contribution in [0.5, 0.6) is 11.5 Å². The van der Waals surface area contributed by atoms with E-state index in [0.717, 1.165) is 44.5 Å². The van der Waals surface area contributed by atoms with Crippen molar-refractivity contribution in [2.24, 2.45) is 7.05 Å². The first-order valence-corrected chi connectivity index (χ1v) is 13.4. The first-order chi connectivity index (χ1) is 19.2. The second-order valence-electron chi connectivity index (χ2n) is 10.8. The van der Waals surface area contributed by atoms with E-state index < -0.39 is 12.1 Å². The molecule has 0 saturated heterocycles. The number of aryl methyl sites for hydroxylation is 3. The van der Waals surface area contributed by atoms with Gasteiger partial charge in [-0.25, -0.2) is 4.39 Å². The number of carboxylic acid groups (broad SMARTS) is 1. The van der Waals surface area contributed by atoms with Crippen LogP contribution in [0.25, 0.3) is 22.3 Å². The number of pyridine rings is 1. The summed E-state index contributed by atoms with van der Waals surface area (Å²) in [6.07, 6.45) is 2.76. The van der Waals surface area contributed by atoms with Crippen molar-refractivity contribution in [3.8, 4) is 33.8 Å². The van der Waals surface area contributed by atoms with E-state index in [1.165, 1.54) is 6.07 Å². The normalized spacial score (nSPS) is 17.3. The molecule has 1 aliphatic carbocycles. The van der Waals surface area contributed by atoms with Crippen LogP contribution < -0.4 is 15.0 Å². The summed E-state index contributed by atoms with van der Waals surface area (Å²) in [6.45, 7) is 4.46. The number of carboxylic acids is 1. The molecule has 6 rings (SSSR count). The van der Waals surface area contributed by atoms with Gasteiger partial charge >= 0.3 is 5.97 Å². The lowest BCUT2D eigenvalue weighted by molar-refractivity contribution is -0.137. The number of benzene rings is 3. The number of rotatable bonds is 6. The molecule has 0 spiro atoms. The Morgan fingerprint density at radius 2 is 1.85 bits per heavy atom. The zero-order valence-electron chi connectivity index (χ0n) is 22.7. The SMILES string of the molecule is Cc1cc(-c2ccc(=O)n(C)c2)cc(C)c1-c1ccc(F)c2c1CCC2Oc1ccc2c(c1)OCC2CC(=O)O. The number of aromatic nitrogens is 1. The minimum absolute atomic E-state index is 0.0159. The number of hydrogen-bond donors (Lipinski definition) is 1. The maximum Gasteiger partial charge on any atom is 0.304 e. The van der Waals surface area contributed by atoms with Crippen LogP contribution in [0, 0.1) is 19.7 Å². The standard InChI is InChI=1S/C33H30FNO5/c1-18-12-21(20-4-11-30(36)35(3)16-20)13-19(2)32(18)25-7-9-27(34)33-26(25)8-10-28(33)40-23-5-6-24-22(14-31(37)38)17-39-29(24)15-23/h4-7,9,11-13,15-16,22,28H,8,10,14,17H2,1-3H3,(H,37,38). The molecule has 2 unspecified atom stereocenters. The molecule has 2 heterocycles. The summed E-state index contributed by atoms with van der Waals surface area (Å²) in [4.78, 5) is 23.0. The molecule has 2 atom stereocenters. The van der Waals surface area contributed by atoms with Crippen molar-refractivity contribution in [3.63, 3.8) is 0 Å². The Balaban J connectivity index is 1.31. The molecule has 40 heavy (non-hydrogen) atoms. The monoisotopic (exact) mass is 539 g/mol. The Bertz CT molecular complexity index is 1700. The molecule has 1 aromatic heterocycles. The molecular weight excluding hydrogens is 509 g/mol. The van der Waals surface area contributed by atoms with Crippen LogP contribution in [-0.2, 0) is 18.3 Å². The fraction of sp³-hybridized carbons (Fsp3) is 0.273.